The summed E-state index contributed by atoms with van der Waals surface area (Å²) >= 11 is 0. The Hall–Kier alpha value is -0.740. The second kappa shape index (κ2) is 17.7. The van der Waals surface area contributed by atoms with Gasteiger partial charge in [-0.05, 0) is 73.6 Å². The van der Waals surface area contributed by atoms with E-state index in [0.29, 0.717) is 19.6 Å². The van der Waals surface area contributed by atoms with Gasteiger partial charge in [-0.1, -0.05) is 46.6 Å². The first-order chi connectivity index (χ1) is 15.9. The number of hydrogen-bond donors (Lipinski definition) is 0. The second-order valence-corrected chi connectivity index (χ2v) is 14.1. The molecular formula is C26H48O6P2. The molecule has 0 spiro atoms. The van der Waals surface area contributed by atoms with E-state index < -0.39 is 15.0 Å². The van der Waals surface area contributed by atoms with E-state index in [-0.39, 0.29) is 12.0 Å². The van der Waals surface area contributed by atoms with Gasteiger partial charge in [0.15, 0.2) is 0 Å². The lowest BCUT2D eigenvalue weighted by Crippen LogP contribution is -2.10. The van der Waals surface area contributed by atoms with Crippen LogP contribution in [0.5, 0.6) is 0 Å². The maximum atomic E-state index is 13.2. The van der Waals surface area contributed by atoms with Gasteiger partial charge in [-0.15, -0.1) is 0 Å². The van der Waals surface area contributed by atoms with Gasteiger partial charge >= 0.3 is 7.60 Å². The molecule has 198 valence electrons. The number of ether oxygens (including phenoxy) is 1. The normalized spacial score (nSPS) is 16.3. The third-order valence-corrected chi connectivity index (χ3v) is 8.94. The summed E-state index contributed by atoms with van der Waals surface area (Å²) in [4.78, 5) is 0. The van der Waals surface area contributed by atoms with Crippen LogP contribution in [0.3, 0.4) is 0 Å². The predicted molar refractivity (Wildman–Crippen MR) is 145 cm³/mol. The molecule has 0 radical (unpaired) electrons. The topological polar surface area (TPSA) is 71.1 Å². The average molecular weight is 519 g/mol. The summed E-state index contributed by atoms with van der Waals surface area (Å²) in [5, 5.41) is 0. The zero-order chi connectivity index (χ0) is 26.2. The van der Waals surface area contributed by atoms with Crippen LogP contribution in [-0.4, -0.2) is 46.1 Å². The van der Waals surface area contributed by atoms with E-state index in [1.807, 2.05) is 26.0 Å². The van der Waals surface area contributed by atoms with Crippen molar-refractivity contribution in [3.63, 3.8) is 0 Å². The molecule has 0 aliphatic rings. The molecule has 0 aromatic carbocycles. The minimum Gasteiger partial charge on any atom is -0.367 e. The fourth-order valence-electron chi connectivity index (χ4n) is 3.40. The van der Waals surface area contributed by atoms with Crippen molar-refractivity contribution in [1.82, 2.24) is 0 Å². The van der Waals surface area contributed by atoms with Crippen molar-refractivity contribution in [3.05, 3.63) is 46.6 Å². The van der Waals surface area contributed by atoms with Crippen LogP contribution in [-0.2, 0) is 27.4 Å². The largest absolute Gasteiger partial charge is 0.367 e. The van der Waals surface area contributed by atoms with E-state index in [1.54, 1.807) is 6.66 Å². The van der Waals surface area contributed by atoms with Crippen LogP contribution in [0, 0.1) is 0 Å². The van der Waals surface area contributed by atoms with Crippen molar-refractivity contribution < 1.29 is 27.4 Å². The second-order valence-electron chi connectivity index (χ2n) is 9.08. The minimum absolute atomic E-state index is 0.0724. The third-order valence-electron chi connectivity index (χ3n) is 5.32. The van der Waals surface area contributed by atoms with Crippen molar-refractivity contribution in [3.8, 4) is 0 Å². The molecule has 0 N–H and O–H groups in total. The molecule has 0 saturated carbocycles. The van der Waals surface area contributed by atoms with Gasteiger partial charge in [-0.2, -0.15) is 0 Å². The number of rotatable bonds is 18. The van der Waals surface area contributed by atoms with Gasteiger partial charge in [-0.25, -0.2) is 0 Å². The first-order valence-corrected chi connectivity index (χ1v) is 15.9. The van der Waals surface area contributed by atoms with Crippen molar-refractivity contribution in [1.29, 1.82) is 0 Å². The molecule has 2 atom stereocenters. The molecule has 0 heterocycles. The standard InChI is InChI=1S/C26H48O6P2/c1-10-32-33(9,27)21-31-18-17-25(6)20-26(34(28,29-7)30-8)19-24(5)16-12-15-23(4)14-11-13-22(2)3/h13,15,17,19,26H,10-12,14,16,18,20-21H2,1-9H3. The smallest absolute Gasteiger partial charge is 0.337 e. The summed E-state index contributed by atoms with van der Waals surface area (Å²) in [5.41, 5.74) is 4.51. The van der Waals surface area contributed by atoms with Crippen molar-refractivity contribution >= 4 is 15.0 Å². The fourth-order valence-corrected chi connectivity index (χ4v) is 6.10. The molecule has 0 aromatic heterocycles. The summed E-state index contributed by atoms with van der Waals surface area (Å²) in [6, 6.07) is 0. The van der Waals surface area contributed by atoms with Crippen LogP contribution in [0.4, 0.5) is 0 Å². The molecule has 0 fully saturated rings. The zero-order valence-electron chi connectivity index (χ0n) is 22.9. The Balaban J connectivity index is 5.11. The Labute approximate surface area is 208 Å². The van der Waals surface area contributed by atoms with Crippen LogP contribution in [0.1, 0.15) is 73.6 Å². The quantitative estimate of drug-likeness (QED) is 0.103. The summed E-state index contributed by atoms with van der Waals surface area (Å²) in [6.07, 6.45) is 13.1. The lowest BCUT2D eigenvalue weighted by molar-refractivity contribution is 0.190. The maximum Gasteiger partial charge on any atom is 0.337 e. The first kappa shape index (κ1) is 33.3. The molecule has 0 bridgehead atoms. The average Bonchev–Trinajstić information content (AvgIpc) is 2.75. The van der Waals surface area contributed by atoms with Crippen LogP contribution >= 0.6 is 15.0 Å². The molecule has 6 nitrogen and oxygen atoms in total. The highest BCUT2D eigenvalue weighted by Gasteiger charge is 2.32. The SMILES string of the molecule is CCOP(C)(=O)COCC=C(C)CC(C=C(C)CCC=C(C)CCC=C(C)C)P(=O)(OC)OC. The summed E-state index contributed by atoms with van der Waals surface area (Å²) in [5.74, 6) is 0. The van der Waals surface area contributed by atoms with Crippen LogP contribution in [0.25, 0.3) is 0 Å². The maximum absolute atomic E-state index is 13.2. The van der Waals surface area contributed by atoms with Gasteiger partial charge < -0.3 is 18.3 Å². The van der Waals surface area contributed by atoms with E-state index in [1.165, 1.54) is 25.4 Å². The van der Waals surface area contributed by atoms with E-state index in [2.05, 4.69) is 39.8 Å². The highest BCUT2D eigenvalue weighted by molar-refractivity contribution is 7.57. The molecular weight excluding hydrogens is 470 g/mol. The van der Waals surface area contributed by atoms with Gasteiger partial charge in [-0.3, -0.25) is 9.13 Å². The number of allylic oxidation sites excluding steroid dienone is 7. The van der Waals surface area contributed by atoms with E-state index in [9.17, 15) is 9.13 Å². The highest BCUT2D eigenvalue weighted by Crippen LogP contribution is 2.54. The van der Waals surface area contributed by atoms with Gasteiger partial charge in [0.1, 0.15) is 6.35 Å². The minimum atomic E-state index is -3.29. The van der Waals surface area contributed by atoms with E-state index in [0.717, 1.165) is 36.8 Å². The van der Waals surface area contributed by atoms with Gasteiger partial charge in [0.2, 0.25) is 7.37 Å². The monoisotopic (exact) mass is 518 g/mol. The van der Waals surface area contributed by atoms with Crippen molar-refractivity contribution in [2.45, 2.75) is 79.3 Å². The van der Waals surface area contributed by atoms with Crippen molar-refractivity contribution in [2.75, 3.05) is 40.4 Å². The Morgan fingerprint density at radius 1 is 0.853 bits per heavy atom. The summed E-state index contributed by atoms with van der Waals surface area (Å²) in [6.45, 7) is 14.5. The highest BCUT2D eigenvalue weighted by atomic mass is 31.2. The lowest BCUT2D eigenvalue weighted by atomic mass is 10.0. The van der Waals surface area contributed by atoms with Crippen molar-refractivity contribution in [2.24, 2.45) is 0 Å². The predicted octanol–water partition coefficient (Wildman–Crippen LogP) is 8.52. The lowest BCUT2D eigenvalue weighted by Gasteiger charge is -2.23. The molecule has 34 heavy (non-hydrogen) atoms. The van der Waals surface area contributed by atoms with Crippen LogP contribution in [0.15, 0.2) is 46.6 Å². The summed E-state index contributed by atoms with van der Waals surface area (Å²) < 4.78 is 46.7. The number of hydrogen-bond acceptors (Lipinski definition) is 6. The molecule has 0 rings (SSSR count). The molecule has 0 amide bonds. The Bertz CT molecular complexity index is 798. The molecule has 8 heteroatoms. The van der Waals surface area contributed by atoms with Crippen LogP contribution < -0.4 is 0 Å². The fraction of sp³-hybridized carbons (Fsp3) is 0.692. The third kappa shape index (κ3) is 15.3. The van der Waals surface area contributed by atoms with E-state index in [4.69, 9.17) is 18.3 Å². The summed E-state index contributed by atoms with van der Waals surface area (Å²) in [7, 11) is -3.16. The van der Waals surface area contributed by atoms with Gasteiger partial charge in [0.05, 0.1) is 18.9 Å². The molecule has 0 saturated heterocycles. The molecule has 0 aromatic rings. The van der Waals surface area contributed by atoms with Crippen LogP contribution in [0.2, 0.25) is 0 Å². The van der Waals surface area contributed by atoms with Gasteiger partial charge in [0.25, 0.3) is 0 Å². The Morgan fingerprint density at radius 3 is 2.00 bits per heavy atom. The van der Waals surface area contributed by atoms with E-state index >= 15 is 0 Å². The molecule has 0 aliphatic heterocycles. The Morgan fingerprint density at radius 2 is 1.44 bits per heavy atom. The molecule has 2 unspecified atom stereocenters. The zero-order valence-corrected chi connectivity index (χ0v) is 24.7. The van der Waals surface area contributed by atoms with Gasteiger partial charge in [0, 0.05) is 20.9 Å². The first-order valence-electron chi connectivity index (χ1n) is 12.0. The Kier molecular flexibility index (Phi) is 17.3. The molecule has 0 aliphatic carbocycles.